The molecule has 0 bridgehead atoms. The molecule has 124 valence electrons. The van der Waals surface area contributed by atoms with Gasteiger partial charge in [0.1, 0.15) is 5.65 Å². The summed E-state index contributed by atoms with van der Waals surface area (Å²) in [6.07, 6.45) is 4.79. The third-order valence-corrected chi connectivity index (χ3v) is 3.90. The Bertz CT molecular complexity index is 849. The van der Waals surface area contributed by atoms with Crippen molar-refractivity contribution in [3.63, 3.8) is 0 Å². The van der Waals surface area contributed by atoms with Gasteiger partial charge < -0.3 is 14.6 Å². The number of nitrogens with zero attached hydrogens (tertiary/aromatic N) is 3. The Morgan fingerprint density at radius 1 is 1.21 bits per heavy atom. The summed E-state index contributed by atoms with van der Waals surface area (Å²) in [7, 11) is 4.12. The first-order valence-electron chi connectivity index (χ1n) is 8.01. The molecule has 0 unspecified atom stereocenters. The smallest absolute Gasteiger partial charge is 0.255 e. The topological polar surface area (TPSA) is 49.6 Å². The molecule has 0 aliphatic rings. The van der Waals surface area contributed by atoms with Gasteiger partial charge in [0, 0.05) is 30.2 Å². The maximum Gasteiger partial charge on any atom is 0.255 e. The summed E-state index contributed by atoms with van der Waals surface area (Å²) in [6.45, 7) is 2.94. The Morgan fingerprint density at radius 3 is 2.67 bits per heavy atom. The second-order valence-corrected chi connectivity index (χ2v) is 6.27. The van der Waals surface area contributed by atoms with Gasteiger partial charge in [-0.2, -0.15) is 0 Å². The van der Waals surface area contributed by atoms with Gasteiger partial charge in [-0.3, -0.25) is 4.79 Å². The Kier molecular flexibility index (Phi) is 4.62. The highest BCUT2D eigenvalue weighted by Crippen LogP contribution is 2.13. The normalized spacial score (nSPS) is 11.2. The zero-order chi connectivity index (χ0) is 17.1. The second-order valence-electron chi connectivity index (χ2n) is 6.27. The van der Waals surface area contributed by atoms with E-state index in [9.17, 15) is 4.79 Å². The first-order chi connectivity index (χ1) is 11.5. The number of aryl methyl sites for hydroxylation is 1. The Hall–Kier alpha value is -2.66. The third kappa shape index (κ3) is 3.81. The van der Waals surface area contributed by atoms with Gasteiger partial charge >= 0.3 is 0 Å². The van der Waals surface area contributed by atoms with Gasteiger partial charge in [-0.25, -0.2) is 4.98 Å². The van der Waals surface area contributed by atoms with Crippen LogP contribution in [-0.2, 0) is 6.42 Å². The van der Waals surface area contributed by atoms with Gasteiger partial charge in [0.15, 0.2) is 0 Å². The number of imidazole rings is 1. The molecule has 1 N–H and O–H groups in total. The number of anilines is 1. The van der Waals surface area contributed by atoms with Gasteiger partial charge in [0.25, 0.3) is 5.91 Å². The summed E-state index contributed by atoms with van der Waals surface area (Å²) in [5.41, 5.74) is 4.37. The molecule has 0 atom stereocenters. The summed E-state index contributed by atoms with van der Waals surface area (Å²) < 4.78 is 1.91. The Morgan fingerprint density at radius 2 is 1.96 bits per heavy atom. The molecule has 3 rings (SSSR count). The highest BCUT2D eigenvalue weighted by Gasteiger charge is 2.08. The van der Waals surface area contributed by atoms with E-state index in [1.165, 1.54) is 5.56 Å². The molecule has 0 aliphatic carbocycles. The van der Waals surface area contributed by atoms with Gasteiger partial charge in [0.05, 0.1) is 5.69 Å². The number of carbonyl (C=O) groups is 1. The monoisotopic (exact) mass is 322 g/mol. The summed E-state index contributed by atoms with van der Waals surface area (Å²) in [5, 5.41) is 2.94. The average molecular weight is 322 g/mol. The zero-order valence-electron chi connectivity index (χ0n) is 14.3. The summed E-state index contributed by atoms with van der Waals surface area (Å²) in [6, 6.07) is 11.6. The summed E-state index contributed by atoms with van der Waals surface area (Å²) in [5.74, 6) is -0.126. The molecule has 0 saturated heterocycles. The summed E-state index contributed by atoms with van der Waals surface area (Å²) in [4.78, 5) is 19.0. The largest absolute Gasteiger partial charge is 0.322 e. The molecule has 5 nitrogen and oxygen atoms in total. The number of amides is 1. The van der Waals surface area contributed by atoms with Crippen molar-refractivity contribution in [2.45, 2.75) is 13.3 Å². The number of likely N-dealkylation sites (N-methyl/N-ethyl adjacent to an activating group) is 1. The maximum atomic E-state index is 12.4. The lowest BCUT2D eigenvalue weighted by molar-refractivity contribution is 0.102. The second kappa shape index (κ2) is 6.84. The van der Waals surface area contributed by atoms with E-state index in [0.717, 1.165) is 30.0 Å². The third-order valence-electron chi connectivity index (χ3n) is 3.90. The predicted octanol–water partition coefficient (Wildman–Crippen LogP) is 3.00. The van der Waals surface area contributed by atoms with Gasteiger partial charge in [-0.1, -0.05) is 12.1 Å². The van der Waals surface area contributed by atoms with Crippen molar-refractivity contribution in [2.24, 2.45) is 0 Å². The highest BCUT2D eigenvalue weighted by molar-refractivity contribution is 6.04. The molecule has 2 heterocycles. The van der Waals surface area contributed by atoms with Gasteiger partial charge in [0.2, 0.25) is 0 Å². The van der Waals surface area contributed by atoms with E-state index in [1.807, 2.05) is 35.9 Å². The summed E-state index contributed by atoms with van der Waals surface area (Å²) >= 11 is 0. The number of fused-ring (bicyclic) bond motifs is 1. The number of rotatable bonds is 5. The molecular formula is C19H22N4O. The number of nitrogens with one attached hydrogen (secondary N) is 1. The first kappa shape index (κ1) is 16.2. The molecule has 24 heavy (non-hydrogen) atoms. The van der Waals surface area contributed by atoms with Crippen LogP contribution in [0.5, 0.6) is 0 Å². The van der Waals surface area contributed by atoms with E-state index in [4.69, 9.17) is 0 Å². The van der Waals surface area contributed by atoms with Crippen LogP contribution in [0, 0.1) is 6.92 Å². The molecule has 2 aromatic heterocycles. The number of carbonyl (C=O) groups excluding carboxylic acids is 1. The Balaban J connectivity index is 1.68. The van der Waals surface area contributed by atoms with E-state index in [2.05, 4.69) is 41.4 Å². The fraction of sp³-hybridized carbons (Fsp3) is 0.263. The highest BCUT2D eigenvalue weighted by atomic mass is 16.1. The van der Waals surface area contributed by atoms with Crippen molar-refractivity contribution in [2.75, 3.05) is 26.0 Å². The minimum absolute atomic E-state index is 0.126. The average Bonchev–Trinajstić information content (AvgIpc) is 2.93. The van der Waals surface area contributed by atoms with Crippen molar-refractivity contribution in [1.29, 1.82) is 0 Å². The van der Waals surface area contributed by atoms with Crippen LogP contribution in [0.3, 0.4) is 0 Å². The fourth-order valence-electron chi connectivity index (χ4n) is 2.56. The SMILES string of the molecule is Cc1cn2ccc(C(=O)Nc3ccc(CCN(C)C)cc3)cc2n1. The van der Waals surface area contributed by atoms with E-state index < -0.39 is 0 Å². The van der Waals surface area contributed by atoms with Crippen LogP contribution in [0.1, 0.15) is 21.6 Å². The lowest BCUT2D eigenvalue weighted by Crippen LogP contribution is -2.15. The predicted molar refractivity (Wildman–Crippen MR) is 96.6 cm³/mol. The molecule has 0 radical (unpaired) electrons. The lowest BCUT2D eigenvalue weighted by atomic mass is 10.1. The van der Waals surface area contributed by atoms with E-state index >= 15 is 0 Å². The van der Waals surface area contributed by atoms with Crippen LogP contribution in [0.15, 0.2) is 48.8 Å². The molecule has 3 aromatic rings. The molecular weight excluding hydrogens is 300 g/mol. The minimum Gasteiger partial charge on any atom is -0.322 e. The van der Waals surface area contributed by atoms with Crippen LogP contribution in [0.2, 0.25) is 0 Å². The quantitative estimate of drug-likeness (QED) is 0.785. The molecule has 0 saturated carbocycles. The number of aromatic nitrogens is 2. The van der Waals surface area contributed by atoms with Crippen LogP contribution >= 0.6 is 0 Å². The van der Waals surface area contributed by atoms with Crippen molar-refractivity contribution in [3.8, 4) is 0 Å². The number of benzene rings is 1. The van der Waals surface area contributed by atoms with Crippen LogP contribution in [0.4, 0.5) is 5.69 Å². The first-order valence-corrected chi connectivity index (χ1v) is 8.01. The zero-order valence-corrected chi connectivity index (χ0v) is 14.3. The van der Waals surface area contributed by atoms with E-state index in [-0.39, 0.29) is 5.91 Å². The van der Waals surface area contributed by atoms with Crippen LogP contribution in [-0.4, -0.2) is 40.8 Å². The van der Waals surface area contributed by atoms with E-state index in [1.54, 1.807) is 12.1 Å². The molecule has 5 heteroatoms. The maximum absolute atomic E-state index is 12.4. The van der Waals surface area contributed by atoms with Crippen molar-refractivity contribution in [1.82, 2.24) is 14.3 Å². The standard InChI is InChI=1S/C19H22N4O/c1-14-13-23-11-9-16(12-18(23)20-14)19(24)21-17-6-4-15(5-7-17)8-10-22(2)3/h4-7,9,11-13H,8,10H2,1-3H3,(H,21,24). The van der Waals surface area contributed by atoms with Gasteiger partial charge in [-0.15, -0.1) is 0 Å². The van der Waals surface area contributed by atoms with Crippen molar-refractivity contribution >= 4 is 17.2 Å². The molecule has 0 spiro atoms. The lowest BCUT2D eigenvalue weighted by Gasteiger charge is -2.10. The van der Waals surface area contributed by atoms with Crippen molar-refractivity contribution < 1.29 is 4.79 Å². The van der Waals surface area contributed by atoms with E-state index in [0.29, 0.717) is 5.56 Å². The van der Waals surface area contributed by atoms with Crippen molar-refractivity contribution in [3.05, 3.63) is 65.6 Å². The van der Waals surface area contributed by atoms with Crippen LogP contribution < -0.4 is 5.32 Å². The molecule has 1 amide bonds. The van der Waals surface area contributed by atoms with Gasteiger partial charge in [-0.05, 0) is 57.3 Å². The number of hydrogen-bond donors (Lipinski definition) is 1. The number of hydrogen-bond acceptors (Lipinski definition) is 3. The van der Waals surface area contributed by atoms with Crippen LogP contribution in [0.25, 0.3) is 5.65 Å². The fourth-order valence-corrected chi connectivity index (χ4v) is 2.56. The number of pyridine rings is 1. The minimum atomic E-state index is -0.126. The molecule has 0 aliphatic heterocycles. The molecule has 1 aromatic carbocycles. The molecule has 0 fully saturated rings. The Labute approximate surface area is 141 Å².